The highest BCUT2D eigenvalue weighted by Crippen LogP contribution is 2.47. The van der Waals surface area contributed by atoms with Crippen LogP contribution in [0.15, 0.2) is 48.5 Å². The molecule has 0 aliphatic carbocycles. The van der Waals surface area contributed by atoms with Crippen molar-refractivity contribution in [2.75, 3.05) is 13.2 Å². The number of hydrogen-bond donors (Lipinski definition) is 2. The maximum Gasteiger partial charge on any atom is 0.366 e. The van der Waals surface area contributed by atoms with Crippen molar-refractivity contribution < 1.29 is 23.8 Å². The average molecular weight is 741 g/mol. The van der Waals surface area contributed by atoms with Crippen LogP contribution in [0, 0.1) is 11.8 Å². The Hall–Kier alpha value is -2.37. The molecule has 0 bridgehead atoms. The standard InChI is InChI=1S/C40H53O5PS3/c1-4-7-10-13-14-15-16-17-20-31-21-22-36(47-31)32-29-35(45-28-19-12-9-6-3)33(30-34(32)44-27-18-11-8-5-2)37-23-24-38(48-37)39-25-26-40(49-39)46(41,42)43/h21-26,29-30H,4-16,18-19,27-28H2,1-3H3,(H2,41,42,43). The van der Waals surface area contributed by atoms with Crippen molar-refractivity contribution in [3.8, 4) is 54.0 Å². The molecule has 0 amide bonds. The maximum absolute atomic E-state index is 11.8. The Kier molecular flexibility index (Phi) is 17.0. The second-order valence-electron chi connectivity index (χ2n) is 12.5. The molecule has 9 heteroatoms. The van der Waals surface area contributed by atoms with Gasteiger partial charge in [-0.3, -0.25) is 4.57 Å². The molecule has 0 saturated heterocycles. The van der Waals surface area contributed by atoms with E-state index in [4.69, 9.17) is 9.47 Å². The van der Waals surface area contributed by atoms with Crippen molar-refractivity contribution in [3.63, 3.8) is 0 Å². The normalized spacial score (nSPS) is 11.4. The summed E-state index contributed by atoms with van der Waals surface area (Å²) in [5.74, 6) is 8.47. The van der Waals surface area contributed by atoms with E-state index in [1.165, 1.54) is 63.9 Å². The van der Waals surface area contributed by atoms with Crippen LogP contribution in [0.2, 0.25) is 0 Å². The summed E-state index contributed by atoms with van der Waals surface area (Å²) in [6.07, 6.45) is 17.6. The Morgan fingerprint density at radius 3 is 1.67 bits per heavy atom. The van der Waals surface area contributed by atoms with Crippen LogP contribution >= 0.6 is 41.6 Å². The first kappa shape index (κ1) is 39.4. The Morgan fingerprint density at radius 2 is 1.08 bits per heavy atom. The lowest BCUT2D eigenvalue weighted by Crippen LogP contribution is -2.02. The van der Waals surface area contributed by atoms with E-state index in [0.717, 1.165) is 96.9 Å². The van der Waals surface area contributed by atoms with E-state index in [1.807, 2.05) is 6.07 Å². The van der Waals surface area contributed by atoms with Crippen LogP contribution in [0.25, 0.3) is 30.6 Å². The zero-order valence-corrected chi connectivity index (χ0v) is 32.8. The number of ether oxygens (including phenoxy) is 2. The first-order valence-electron chi connectivity index (χ1n) is 18.1. The summed E-state index contributed by atoms with van der Waals surface area (Å²) in [5.41, 5.74) is 2.00. The molecule has 0 fully saturated rings. The Balaban J connectivity index is 1.64. The van der Waals surface area contributed by atoms with E-state index in [2.05, 4.69) is 62.9 Å². The summed E-state index contributed by atoms with van der Waals surface area (Å²) in [5, 5.41) is 0. The third-order valence-corrected chi connectivity index (χ3v) is 13.3. The van der Waals surface area contributed by atoms with Gasteiger partial charge in [-0.15, -0.1) is 34.0 Å². The van der Waals surface area contributed by atoms with Gasteiger partial charge in [0.1, 0.15) is 16.1 Å². The van der Waals surface area contributed by atoms with Gasteiger partial charge in [-0.25, -0.2) is 0 Å². The highest BCUT2D eigenvalue weighted by Gasteiger charge is 2.22. The van der Waals surface area contributed by atoms with Crippen molar-refractivity contribution in [2.45, 2.75) is 117 Å². The molecule has 3 heterocycles. The largest absolute Gasteiger partial charge is 0.493 e. The topological polar surface area (TPSA) is 76.0 Å². The first-order valence-corrected chi connectivity index (χ1v) is 22.2. The zero-order valence-electron chi connectivity index (χ0n) is 29.4. The molecule has 2 N–H and O–H groups in total. The Labute approximate surface area is 306 Å². The lowest BCUT2D eigenvalue weighted by atomic mass is 10.1. The second-order valence-corrected chi connectivity index (χ2v) is 17.6. The minimum atomic E-state index is -4.29. The lowest BCUT2D eigenvalue weighted by molar-refractivity contribution is 0.299. The van der Waals surface area contributed by atoms with Crippen molar-refractivity contribution >= 4 is 46.2 Å². The van der Waals surface area contributed by atoms with E-state index in [1.54, 1.807) is 28.7 Å². The second kappa shape index (κ2) is 21.1. The van der Waals surface area contributed by atoms with Crippen LogP contribution in [0.5, 0.6) is 11.5 Å². The summed E-state index contributed by atoms with van der Waals surface area (Å²) < 4.78 is 25.0. The van der Waals surface area contributed by atoms with Crippen LogP contribution in [-0.4, -0.2) is 23.0 Å². The molecule has 0 radical (unpaired) electrons. The van der Waals surface area contributed by atoms with E-state index in [9.17, 15) is 14.4 Å². The Bertz CT molecular complexity index is 1670. The molecule has 266 valence electrons. The summed E-state index contributed by atoms with van der Waals surface area (Å²) >= 11 is 4.45. The number of rotatable bonds is 22. The molecule has 0 aliphatic rings. The third kappa shape index (κ3) is 12.7. The van der Waals surface area contributed by atoms with Crippen molar-refractivity contribution in [2.24, 2.45) is 0 Å². The fraction of sp³-hybridized carbons (Fsp3) is 0.500. The summed E-state index contributed by atoms with van der Waals surface area (Å²) in [7, 11) is -4.29. The minimum Gasteiger partial charge on any atom is -0.493 e. The van der Waals surface area contributed by atoms with Crippen LogP contribution in [-0.2, 0) is 4.57 Å². The van der Waals surface area contributed by atoms with E-state index in [0.29, 0.717) is 13.2 Å². The molecule has 4 aromatic rings. The van der Waals surface area contributed by atoms with E-state index < -0.39 is 7.60 Å². The molecule has 0 atom stereocenters. The van der Waals surface area contributed by atoms with Gasteiger partial charge in [-0.2, -0.15) is 0 Å². The number of benzene rings is 1. The number of unbranched alkanes of at least 4 members (excludes halogenated alkanes) is 12. The van der Waals surface area contributed by atoms with Gasteiger partial charge in [0.25, 0.3) is 0 Å². The smallest absolute Gasteiger partial charge is 0.366 e. The number of hydrogen-bond acceptors (Lipinski definition) is 6. The third-order valence-electron chi connectivity index (χ3n) is 8.32. The van der Waals surface area contributed by atoms with Crippen molar-refractivity contribution in [3.05, 3.63) is 53.4 Å². The van der Waals surface area contributed by atoms with E-state index in [-0.39, 0.29) is 4.62 Å². The SMILES string of the molecule is CCCCCCCCC#Cc1ccc(-c2cc(OCCCCCC)c(-c3ccc(-c4ccc(P(=O)(O)O)s4)s3)cc2OCCCCCC)s1. The van der Waals surface area contributed by atoms with Crippen molar-refractivity contribution in [1.82, 2.24) is 0 Å². The van der Waals surface area contributed by atoms with Gasteiger partial charge in [-0.05, 0) is 67.8 Å². The highest BCUT2D eigenvalue weighted by molar-refractivity contribution is 7.67. The summed E-state index contributed by atoms with van der Waals surface area (Å²) in [6, 6.07) is 16.0. The predicted octanol–water partition coefficient (Wildman–Crippen LogP) is 12.7. The molecule has 0 aliphatic heterocycles. The molecule has 0 spiro atoms. The quantitative estimate of drug-likeness (QED) is 0.0477. The molecule has 0 unspecified atom stereocenters. The lowest BCUT2D eigenvalue weighted by Gasteiger charge is -2.17. The van der Waals surface area contributed by atoms with E-state index >= 15 is 0 Å². The van der Waals surface area contributed by atoms with Crippen LogP contribution < -0.4 is 14.1 Å². The molecule has 0 saturated carbocycles. The van der Waals surface area contributed by atoms with Gasteiger partial charge in [-0.1, -0.05) is 103 Å². The molecular weight excluding hydrogens is 688 g/mol. The number of thiophene rings is 3. The Morgan fingerprint density at radius 1 is 0.592 bits per heavy atom. The van der Waals surface area contributed by atoms with Gasteiger partial charge in [0.2, 0.25) is 0 Å². The summed E-state index contributed by atoms with van der Waals surface area (Å²) in [6.45, 7) is 7.97. The van der Waals surface area contributed by atoms with Gasteiger partial charge in [0, 0.05) is 37.1 Å². The fourth-order valence-electron chi connectivity index (χ4n) is 5.53. The highest BCUT2D eigenvalue weighted by atomic mass is 32.1. The van der Waals surface area contributed by atoms with Crippen molar-refractivity contribution in [1.29, 1.82) is 0 Å². The van der Waals surface area contributed by atoms with Gasteiger partial charge in [0.05, 0.1) is 18.1 Å². The van der Waals surface area contributed by atoms with Gasteiger partial charge in [0.15, 0.2) is 0 Å². The molecule has 5 nitrogen and oxygen atoms in total. The van der Waals surface area contributed by atoms with Gasteiger partial charge >= 0.3 is 7.60 Å². The summed E-state index contributed by atoms with van der Waals surface area (Å²) in [4.78, 5) is 24.3. The molecule has 49 heavy (non-hydrogen) atoms. The maximum atomic E-state index is 11.8. The zero-order chi connectivity index (χ0) is 34.9. The fourth-order valence-corrected chi connectivity index (χ4v) is 9.34. The van der Waals surface area contributed by atoms with Gasteiger partial charge < -0.3 is 19.3 Å². The monoisotopic (exact) mass is 740 g/mol. The molecule has 4 rings (SSSR count). The first-order chi connectivity index (χ1) is 23.8. The molecule has 1 aromatic carbocycles. The molecular formula is C40H53O5PS3. The molecule has 3 aromatic heterocycles. The van der Waals surface area contributed by atoms with Crippen LogP contribution in [0.3, 0.4) is 0 Å². The minimum absolute atomic E-state index is 0.0825. The van der Waals surface area contributed by atoms with Crippen LogP contribution in [0.1, 0.15) is 122 Å². The average Bonchev–Trinajstić information content (AvgIpc) is 3.87. The predicted molar refractivity (Wildman–Crippen MR) is 212 cm³/mol. The van der Waals surface area contributed by atoms with Crippen LogP contribution in [0.4, 0.5) is 0 Å².